The van der Waals surface area contributed by atoms with E-state index in [1.165, 1.54) is 0 Å². The van der Waals surface area contributed by atoms with E-state index in [9.17, 15) is 5.11 Å². The van der Waals surface area contributed by atoms with Crippen LogP contribution in [0.4, 0.5) is 0 Å². The van der Waals surface area contributed by atoms with Gasteiger partial charge >= 0.3 is 0 Å². The molecule has 0 radical (unpaired) electrons. The van der Waals surface area contributed by atoms with Gasteiger partial charge in [-0.1, -0.05) is 6.07 Å². The van der Waals surface area contributed by atoms with E-state index in [2.05, 4.69) is 0 Å². The van der Waals surface area contributed by atoms with Crippen LogP contribution in [0, 0.1) is 0 Å². The highest BCUT2D eigenvalue weighted by atomic mass is 16.5. The Morgan fingerprint density at radius 3 is 2.59 bits per heavy atom. The summed E-state index contributed by atoms with van der Waals surface area (Å²) >= 11 is 0. The standard InChI is InChI=1S/C13H17NO3/c14-13(4-5-13)12(15)9-2-3-10-11(8-9)17-7-1-6-16-10/h2-3,8,12,15H,1,4-7,14H2. The fourth-order valence-electron chi connectivity index (χ4n) is 2.10. The number of benzene rings is 1. The first kappa shape index (κ1) is 10.9. The molecule has 0 aromatic heterocycles. The molecule has 1 aliphatic carbocycles. The molecule has 17 heavy (non-hydrogen) atoms. The largest absolute Gasteiger partial charge is 0.490 e. The zero-order valence-electron chi connectivity index (χ0n) is 9.69. The van der Waals surface area contributed by atoms with Gasteiger partial charge < -0.3 is 20.3 Å². The van der Waals surface area contributed by atoms with Gasteiger partial charge in [-0.25, -0.2) is 0 Å². The van der Waals surface area contributed by atoms with Gasteiger partial charge in [-0.3, -0.25) is 0 Å². The summed E-state index contributed by atoms with van der Waals surface area (Å²) in [5.41, 5.74) is 6.39. The van der Waals surface area contributed by atoms with Gasteiger partial charge in [-0.15, -0.1) is 0 Å². The van der Waals surface area contributed by atoms with Crippen molar-refractivity contribution in [2.24, 2.45) is 5.73 Å². The molecule has 0 saturated heterocycles. The SMILES string of the molecule is NC1(C(O)c2ccc3c(c2)OCCCO3)CC1. The summed E-state index contributed by atoms with van der Waals surface area (Å²) in [4.78, 5) is 0. The third-order valence-electron chi connectivity index (χ3n) is 3.46. The number of aliphatic hydroxyl groups excluding tert-OH is 1. The highest BCUT2D eigenvalue weighted by Crippen LogP contribution is 2.45. The topological polar surface area (TPSA) is 64.7 Å². The quantitative estimate of drug-likeness (QED) is 0.812. The monoisotopic (exact) mass is 235 g/mol. The van der Waals surface area contributed by atoms with Crippen LogP contribution >= 0.6 is 0 Å². The van der Waals surface area contributed by atoms with Crippen molar-refractivity contribution in [3.8, 4) is 11.5 Å². The summed E-state index contributed by atoms with van der Waals surface area (Å²) in [6.45, 7) is 1.33. The van der Waals surface area contributed by atoms with E-state index in [1.54, 1.807) is 0 Å². The lowest BCUT2D eigenvalue weighted by Gasteiger charge is -2.19. The van der Waals surface area contributed by atoms with Crippen molar-refractivity contribution in [1.82, 2.24) is 0 Å². The van der Waals surface area contributed by atoms with Gasteiger partial charge in [0.2, 0.25) is 0 Å². The van der Waals surface area contributed by atoms with E-state index in [1.807, 2.05) is 18.2 Å². The summed E-state index contributed by atoms with van der Waals surface area (Å²) in [5.74, 6) is 1.46. The lowest BCUT2D eigenvalue weighted by atomic mass is 10.0. The van der Waals surface area contributed by atoms with Crippen LogP contribution in [0.5, 0.6) is 11.5 Å². The van der Waals surface area contributed by atoms with Crippen molar-refractivity contribution in [2.75, 3.05) is 13.2 Å². The van der Waals surface area contributed by atoms with E-state index in [0.29, 0.717) is 19.0 Å². The van der Waals surface area contributed by atoms with Crippen LogP contribution in [0.25, 0.3) is 0 Å². The van der Waals surface area contributed by atoms with Crippen LogP contribution in [0.3, 0.4) is 0 Å². The van der Waals surface area contributed by atoms with Crippen molar-refractivity contribution in [3.63, 3.8) is 0 Å². The number of ether oxygens (including phenoxy) is 2. The minimum Gasteiger partial charge on any atom is -0.490 e. The summed E-state index contributed by atoms with van der Waals surface area (Å²) in [7, 11) is 0. The highest BCUT2D eigenvalue weighted by Gasteiger charge is 2.45. The minimum absolute atomic E-state index is 0.431. The fraction of sp³-hybridized carbons (Fsp3) is 0.538. The molecule has 1 heterocycles. The van der Waals surface area contributed by atoms with Crippen molar-refractivity contribution >= 4 is 0 Å². The maximum atomic E-state index is 10.2. The summed E-state index contributed by atoms with van der Waals surface area (Å²) in [5, 5.41) is 10.2. The van der Waals surface area contributed by atoms with Gasteiger partial charge in [0.1, 0.15) is 0 Å². The molecule has 1 aromatic carbocycles. The Balaban J connectivity index is 1.89. The molecule has 0 spiro atoms. The van der Waals surface area contributed by atoms with Gasteiger partial charge in [-0.2, -0.15) is 0 Å². The molecule has 3 N–H and O–H groups in total. The van der Waals surface area contributed by atoms with Crippen molar-refractivity contribution in [3.05, 3.63) is 23.8 Å². The normalized spacial score (nSPS) is 22.7. The van der Waals surface area contributed by atoms with Gasteiger partial charge in [0.25, 0.3) is 0 Å². The highest BCUT2D eigenvalue weighted by molar-refractivity contribution is 5.45. The second kappa shape index (κ2) is 3.89. The first-order valence-corrected chi connectivity index (χ1v) is 6.05. The summed E-state index contributed by atoms with van der Waals surface area (Å²) in [6.07, 6.45) is 2.03. The van der Waals surface area contributed by atoms with Gasteiger partial charge in [-0.05, 0) is 30.5 Å². The second-order valence-electron chi connectivity index (χ2n) is 4.89. The molecule has 1 saturated carbocycles. The summed E-state index contributed by atoms with van der Waals surface area (Å²) < 4.78 is 11.1. The van der Waals surface area contributed by atoms with E-state index in [4.69, 9.17) is 15.2 Å². The molecule has 1 aromatic rings. The lowest BCUT2D eigenvalue weighted by Crippen LogP contribution is -2.30. The molecular formula is C13H17NO3. The third-order valence-corrected chi connectivity index (χ3v) is 3.46. The summed E-state index contributed by atoms with van der Waals surface area (Å²) in [6, 6.07) is 5.56. The molecule has 4 heteroatoms. The van der Waals surface area contributed by atoms with Crippen molar-refractivity contribution in [2.45, 2.75) is 30.9 Å². The van der Waals surface area contributed by atoms with Crippen LogP contribution in [-0.4, -0.2) is 23.9 Å². The number of hydrogen-bond donors (Lipinski definition) is 2. The third kappa shape index (κ3) is 1.98. The van der Waals surface area contributed by atoms with E-state index >= 15 is 0 Å². The smallest absolute Gasteiger partial charge is 0.161 e. The number of aliphatic hydroxyl groups is 1. The molecule has 1 fully saturated rings. The Morgan fingerprint density at radius 2 is 1.88 bits per heavy atom. The van der Waals surface area contributed by atoms with E-state index < -0.39 is 11.6 Å². The molecule has 3 rings (SSSR count). The van der Waals surface area contributed by atoms with Crippen molar-refractivity contribution < 1.29 is 14.6 Å². The average molecular weight is 235 g/mol. The molecule has 1 unspecified atom stereocenters. The first-order chi connectivity index (χ1) is 8.19. The van der Waals surface area contributed by atoms with Crippen LogP contribution < -0.4 is 15.2 Å². The predicted octanol–water partition coefficient (Wildman–Crippen LogP) is 1.37. The van der Waals surface area contributed by atoms with Crippen molar-refractivity contribution in [1.29, 1.82) is 0 Å². The zero-order chi connectivity index (χ0) is 11.9. The maximum absolute atomic E-state index is 10.2. The Morgan fingerprint density at radius 1 is 1.18 bits per heavy atom. The van der Waals surface area contributed by atoms with Crippen LogP contribution in [0.1, 0.15) is 30.9 Å². The molecule has 0 bridgehead atoms. The molecule has 4 nitrogen and oxygen atoms in total. The Hall–Kier alpha value is -1.26. The molecule has 0 amide bonds. The number of rotatable bonds is 2. The minimum atomic E-state index is -0.611. The molecule has 2 aliphatic rings. The predicted molar refractivity (Wildman–Crippen MR) is 63.2 cm³/mol. The van der Waals surface area contributed by atoms with E-state index in [-0.39, 0.29) is 0 Å². The van der Waals surface area contributed by atoms with Gasteiger partial charge in [0, 0.05) is 12.0 Å². The van der Waals surface area contributed by atoms with Crippen LogP contribution in [0.15, 0.2) is 18.2 Å². The number of fused-ring (bicyclic) bond motifs is 1. The second-order valence-corrected chi connectivity index (χ2v) is 4.89. The molecule has 1 aliphatic heterocycles. The average Bonchev–Trinajstić information content (AvgIpc) is 3.11. The Bertz CT molecular complexity index is 429. The van der Waals surface area contributed by atoms with Gasteiger partial charge in [0.05, 0.1) is 19.3 Å². The first-order valence-electron chi connectivity index (χ1n) is 6.05. The van der Waals surface area contributed by atoms with E-state index in [0.717, 1.165) is 30.6 Å². The number of nitrogens with two attached hydrogens (primary N) is 1. The molecule has 1 atom stereocenters. The Labute approximate surface area is 100 Å². The maximum Gasteiger partial charge on any atom is 0.161 e. The van der Waals surface area contributed by atoms with Crippen LogP contribution in [0.2, 0.25) is 0 Å². The lowest BCUT2D eigenvalue weighted by molar-refractivity contribution is 0.135. The Kier molecular flexibility index (Phi) is 2.49. The zero-order valence-corrected chi connectivity index (χ0v) is 9.69. The fourth-order valence-corrected chi connectivity index (χ4v) is 2.10. The van der Waals surface area contributed by atoms with Gasteiger partial charge in [0.15, 0.2) is 11.5 Å². The molecular weight excluding hydrogens is 218 g/mol. The molecule has 92 valence electrons. The van der Waals surface area contributed by atoms with Crippen LogP contribution in [-0.2, 0) is 0 Å². The number of hydrogen-bond acceptors (Lipinski definition) is 4.